The predicted octanol–water partition coefficient (Wildman–Crippen LogP) is 5.29. The van der Waals surface area contributed by atoms with Crippen LogP contribution >= 0.6 is 0 Å². The van der Waals surface area contributed by atoms with Crippen LogP contribution < -0.4 is 0 Å². The van der Waals surface area contributed by atoms with Gasteiger partial charge in [0.15, 0.2) is 0 Å². The van der Waals surface area contributed by atoms with Crippen molar-refractivity contribution in [1.29, 1.82) is 0 Å². The summed E-state index contributed by atoms with van der Waals surface area (Å²) >= 11 is 0. The first-order valence-electron chi connectivity index (χ1n) is 9.34. The molecule has 0 spiro atoms. The maximum Gasteiger partial charge on any atom is 0.328 e. The van der Waals surface area contributed by atoms with E-state index in [1.54, 1.807) is 30.4 Å². The molecule has 1 atom stereocenters. The zero-order valence-electron chi connectivity index (χ0n) is 16.0. The van der Waals surface area contributed by atoms with E-state index in [-0.39, 0.29) is 17.6 Å². The van der Waals surface area contributed by atoms with Crippen molar-refractivity contribution in [3.05, 3.63) is 72.3 Å². The minimum Gasteiger partial charge on any atom is -0.508 e. The second-order valence-corrected chi connectivity index (χ2v) is 6.11. The molecule has 5 nitrogen and oxygen atoms in total. The summed E-state index contributed by atoms with van der Waals surface area (Å²) < 4.78 is 0. The highest BCUT2D eigenvalue weighted by molar-refractivity contribution is 5.80. The van der Waals surface area contributed by atoms with E-state index in [9.17, 15) is 20.1 Å². The molecule has 150 valence electrons. The van der Waals surface area contributed by atoms with Gasteiger partial charge in [-0.15, -0.1) is 0 Å². The van der Waals surface area contributed by atoms with Crippen molar-refractivity contribution in [2.45, 2.75) is 58.0 Å². The molecule has 0 rings (SSSR count). The van der Waals surface area contributed by atoms with Crippen molar-refractivity contribution in [3.8, 4) is 0 Å². The van der Waals surface area contributed by atoms with Crippen molar-refractivity contribution in [3.63, 3.8) is 0 Å². The molecule has 0 saturated heterocycles. The Balaban J connectivity index is 4.05. The lowest BCUT2D eigenvalue weighted by atomic mass is 10.1. The molecule has 0 aliphatic rings. The Hall–Kier alpha value is -2.53. The van der Waals surface area contributed by atoms with Crippen LogP contribution in [0.2, 0.25) is 0 Å². The van der Waals surface area contributed by atoms with E-state index in [0.29, 0.717) is 0 Å². The number of aliphatic hydroxyl groups excluding tert-OH is 3. The highest BCUT2D eigenvalue weighted by atomic mass is 16.4. The normalized spacial score (nSPS) is 14.9. The van der Waals surface area contributed by atoms with Gasteiger partial charge in [0.25, 0.3) is 0 Å². The van der Waals surface area contributed by atoms with Crippen LogP contribution in [0.4, 0.5) is 0 Å². The number of rotatable bonds is 14. The Morgan fingerprint density at radius 1 is 0.815 bits per heavy atom. The lowest BCUT2D eigenvalue weighted by Gasteiger charge is -2.08. The van der Waals surface area contributed by atoms with E-state index in [2.05, 4.69) is 6.92 Å². The molecule has 0 aromatic heterocycles. The number of carbonyl (C=O) groups is 1. The smallest absolute Gasteiger partial charge is 0.328 e. The number of carboxylic acids is 1. The van der Waals surface area contributed by atoms with E-state index in [0.717, 1.165) is 57.1 Å². The summed E-state index contributed by atoms with van der Waals surface area (Å²) in [7, 11) is 0. The third-order valence-corrected chi connectivity index (χ3v) is 3.60. The predicted molar refractivity (Wildman–Crippen MR) is 110 cm³/mol. The number of unbranched alkanes of at least 4 members (excludes halogenated alkanes) is 3. The quantitative estimate of drug-likeness (QED) is 0.143. The zero-order chi connectivity index (χ0) is 20.3. The maximum absolute atomic E-state index is 10.3. The van der Waals surface area contributed by atoms with Gasteiger partial charge in [-0.25, -0.2) is 4.79 Å². The van der Waals surface area contributed by atoms with E-state index in [1.165, 1.54) is 12.2 Å². The lowest BCUT2D eigenvalue weighted by Crippen LogP contribution is -2.05. The molecule has 0 heterocycles. The number of aliphatic hydroxyl groups is 3. The molecular weight excluding hydrogens is 344 g/mol. The first-order chi connectivity index (χ1) is 13.0. The van der Waals surface area contributed by atoms with Gasteiger partial charge in [0.05, 0.1) is 6.10 Å². The molecule has 0 aromatic carbocycles. The Morgan fingerprint density at radius 3 is 2.00 bits per heavy atom. The van der Waals surface area contributed by atoms with Crippen molar-refractivity contribution in [2.24, 2.45) is 0 Å². The highest BCUT2D eigenvalue weighted by Crippen LogP contribution is 2.10. The van der Waals surface area contributed by atoms with E-state index < -0.39 is 5.97 Å². The van der Waals surface area contributed by atoms with Crippen molar-refractivity contribution >= 4 is 5.97 Å². The Kier molecular flexibility index (Phi) is 15.3. The fourth-order valence-corrected chi connectivity index (χ4v) is 2.15. The van der Waals surface area contributed by atoms with Crippen LogP contribution in [0, 0.1) is 0 Å². The molecule has 4 N–H and O–H groups in total. The van der Waals surface area contributed by atoms with Crippen molar-refractivity contribution in [2.75, 3.05) is 0 Å². The Morgan fingerprint density at radius 2 is 1.41 bits per heavy atom. The molecule has 0 aromatic rings. The standard InChI is InChI=1S/C22H32O5/c1-2-3-7-12-19(23)14-10-6-11-15-20(24)13-8-4-5-9-16-21(25)17-18-22(26)27/h4-5,8-9,11,13,15-19,23-25H,2-3,6-7,10,12,14H2,1H3,(H,26,27). The fraction of sp³-hybridized carbons (Fsp3) is 0.409. The molecule has 0 fully saturated rings. The van der Waals surface area contributed by atoms with E-state index >= 15 is 0 Å². The van der Waals surface area contributed by atoms with Crippen LogP contribution in [0.1, 0.15) is 51.9 Å². The summed E-state index contributed by atoms with van der Waals surface area (Å²) in [5.74, 6) is -1.17. The van der Waals surface area contributed by atoms with Gasteiger partial charge in [-0.2, -0.15) is 0 Å². The number of hydrogen-bond acceptors (Lipinski definition) is 4. The fourth-order valence-electron chi connectivity index (χ4n) is 2.15. The summed E-state index contributed by atoms with van der Waals surface area (Å²) in [6, 6.07) is 0. The summed E-state index contributed by atoms with van der Waals surface area (Å²) in [5, 5.41) is 37.3. The lowest BCUT2D eigenvalue weighted by molar-refractivity contribution is -0.131. The minimum absolute atomic E-state index is 0.130. The second kappa shape index (κ2) is 16.9. The topological polar surface area (TPSA) is 98.0 Å². The molecule has 0 bridgehead atoms. The first-order valence-corrected chi connectivity index (χ1v) is 9.34. The third kappa shape index (κ3) is 18.1. The van der Waals surface area contributed by atoms with Gasteiger partial charge in [-0.3, -0.25) is 0 Å². The average molecular weight is 376 g/mol. The number of allylic oxidation sites excluding steroid dienone is 9. The summed E-state index contributed by atoms with van der Waals surface area (Å²) in [6.07, 6.45) is 21.3. The van der Waals surface area contributed by atoms with Crippen molar-refractivity contribution < 1.29 is 25.2 Å². The van der Waals surface area contributed by atoms with E-state index in [1.807, 2.05) is 6.08 Å². The van der Waals surface area contributed by atoms with E-state index in [4.69, 9.17) is 5.11 Å². The van der Waals surface area contributed by atoms with Crippen LogP contribution in [-0.4, -0.2) is 32.5 Å². The van der Waals surface area contributed by atoms with Gasteiger partial charge in [-0.05, 0) is 50.0 Å². The molecule has 0 aliphatic carbocycles. The second-order valence-electron chi connectivity index (χ2n) is 6.11. The van der Waals surface area contributed by atoms with Crippen LogP contribution in [0.3, 0.4) is 0 Å². The third-order valence-electron chi connectivity index (χ3n) is 3.60. The average Bonchev–Trinajstić information content (AvgIpc) is 2.62. The van der Waals surface area contributed by atoms with Gasteiger partial charge in [0, 0.05) is 6.08 Å². The molecule has 27 heavy (non-hydrogen) atoms. The highest BCUT2D eigenvalue weighted by Gasteiger charge is 2.02. The van der Waals surface area contributed by atoms with Gasteiger partial charge >= 0.3 is 5.97 Å². The molecule has 5 heteroatoms. The molecule has 0 saturated carbocycles. The van der Waals surface area contributed by atoms with Crippen LogP contribution in [0.15, 0.2) is 72.3 Å². The van der Waals surface area contributed by atoms with Crippen molar-refractivity contribution in [1.82, 2.24) is 0 Å². The number of hydrogen-bond donors (Lipinski definition) is 4. The van der Waals surface area contributed by atoms with Crippen LogP contribution in [-0.2, 0) is 4.79 Å². The zero-order valence-corrected chi connectivity index (χ0v) is 16.0. The molecule has 0 aliphatic heterocycles. The van der Waals surface area contributed by atoms with Crippen LogP contribution in [0.25, 0.3) is 0 Å². The summed E-state index contributed by atoms with van der Waals surface area (Å²) in [5.41, 5.74) is 0. The van der Waals surface area contributed by atoms with Gasteiger partial charge in [0.2, 0.25) is 0 Å². The Bertz CT molecular complexity index is 580. The molecular formula is C22H32O5. The minimum atomic E-state index is -1.13. The maximum atomic E-state index is 10.3. The molecule has 1 unspecified atom stereocenters. The van der Waals surface area contributed by atoms with Crippen LogP contribution in [0.5, 0.6) is 0 Å². The summed E-state index contributed by atoms with van der Waals surface area (Å²) in [6.45, 7) is 2.15. The molecule has 0 radical (unpaired) electrons. The monoisotopic (exact) mass is 376 g/mol. The SMILES string of the molecule is CCCCCC(O)CCCC=CC(O)=CC=CC=CC=C(O)C=CC(=O)O. The summed E-state index contributed by atoms with van der Waals surface area (Å²) in [4.78, 5) is 10.3. The van der Waals surface area contributed by atoms with Gasteiger partial charge in [0.1, 0.15) is 11.5 Å². The molecule has 0 amide bonds. The largest absolute Gasteiger partial charge is 0.508 e. The number of carboxylic acid groups (broad SMARTS) is 1. The first kappa shape index (κ1) is 24.5. The Labute approximate surface area is 162 Å². The number of aliphatic carboxylic acids is 1. The van der Waals surface area contributed by atoms with Gasteiger partial charge in [-0.1, -0.05) is 56.6 Å². The van der Waals surface area contributed by atoms with Gasteiger partial charge < -0.3 is 20.4 Å².